The van der Waals surface area contributed by atoms with Crippen LogP contribution in [0.4, 0.5) is 15.2 Å². The predicted molar refractivity (Wildman–Crippen MR) is 141 cm³/mol. The molecule has 0 unspecified atom stereocenters. The van der Waals surface area contributed by atoms with Gasteiger partial charge in [-0.3, -0.25) is 9.69 Å². The molecule has 38 heavy (non-hydrogen) atoms. The van der Waals surface area contributed by atoms with Gasteiger partial charge >= 0.3 is 6.01 Å². The lowest BCUT2D eigenvalue weighted by Gasteiger charge is -2.50. The lowest BCUT2D eigenvalue weighted by molar-refractivity contribution is -0.118. The Morgan fingerprint density at radius 1 is 1.24 bits per heavy atom. The summed E-state index contributed by atoms with van der Waals surface area (Å²) >= 11 is 1.55. The van der Waals surface area contributed by atoms with Crippen LogP contribution >= 0.6 is 11.3 Å². The fourth-order valence-corrected chi connectivity index (χ4v) is 8.79. The molecule has 1 spiro atoms. The van der Waals surface area contributed by atoms with Crippen molar-refractivity contribution < 1.29 is 13.9 Å². The normalized spacial score (nSPS) is 27.4. The van der Waals surface area contributed by atoms with Gasteiger partial charge in [-0.25, -0.2) is 4.39 Å². The highest BCUT2D eigenvalue weighted by Gasteiger charge is 2.52. The number of hydrogen-bond donors (Lipinski definition) is 1. The lowest BCUT2D eigenvalue weighted by Crippen LogP contribution is -2.59. The number of rotatable bonds is 5. The second kappa shape index (κ2) is 8.78. The van der Waals surface area contributed by atoms with Crippen LogP contribution < -0.4 is 15.4 Å². The van der Waals surface area contributed by atoms with E-state index in [4.69, 9.17) is 20.4 Å². The van der Waals surface area contributed by atoms with E-state index in [9.17, 15) is 14.4 Å². The molecule has 3 saturated heterocycles. The number of nitriles is 1. The average molecular weight is 538 g/mol. The van der Waals surface area contributed by atoms with Gasteiger partial charge < -0.3 is 20.3 Å². The molecule has 7 rings (SSSR count). The van der Waals surface area contributed by atoms with E-state index in [2.05, 4.69) is 15.9 Å². The third kappa shape index (κ3) is 3.60. The zero-order valence-corrected chi connectivity index (χ0v) is 22.2. The summed E-state index contributed by atoms with van der Waals surface area (Å²) in [5, 5.41) is 10.4. The Labute approximate surface area is 225 Å². The SMILES string of the molecule is N#Cc1c(N)sc2c1C1(CC2)CN(c2nc(OC[C@@]34CCCN3C[C@H](F)C4)nc3c2CCCN(C=O)C3)C1. The molecular formula is C27H32FN7O2S. The zero-order chi connectivity index (χ0) is 26.1. The monoisotopic (exact) mass is 537 g/mol. The first kappa shape index (κ1) is 24.1. The maximum absolute atomic E-state index is 14.3. The zero-order valence-electron chi connectivity index (χ0n) is 21.4. The number of halogens is 1. The van der Waals surface area contributed by atoms with Crippen LogP contribution in [0.3, 0.4) is 0 Å². The molecular weight excluding hydrogens is 505 g/mol. The van der Waals surface area contributed by atoms with Gasteiger partial charge in [0.15, 0.2) is 0 Å². The van der Waals surface area contributed by atoms with Gasteiger partial charge in [-0.1, -0.05) is 0 Å². The minimum absolute atomic E-state index is 0.0732. The molecule has 3 fully saturated rings. The Kier molecular flexibility index (Phi) is 5.57. The van der Waals surface area contributed by atoms with Crippen molar-refractivity contribution in [3.8, 4) is 12.1 Å². The number of carbonyl (C=O) groups excluding carboxylic acids is 1. The van der Waals surface area contributed by atoms with Gasteiger partial charge in [-0.2, -0.15) is 15.2 Å². The van der Waals surface area contributed by atoms with Gasteiger partial charge in [0, 0.05) is 48.5 Å². The van der Waals surface area contributed by atoms with E-state index in [1.54, 1.807) is 16.2 Å². The van der Waals surface area contributed by atoms with Crippen LogP contribution in [0.2, 0.25) is 0 Å². The van der Waals surface area contributed by atoms with E-state index in [1.807, 2.05) is 0 Å². The third-order valence-electron chi connectivity index (χ3n) is 9.42. The maximum atomic E-state index is 14.3. The summed E-state index contributed by atoms with van der Waals surface area (Å²) in [5.41, 5.74) is 9.52. The summed E-state index contributed by atoms with van der Waals surface area (Å²) in [5.74, 6) is 0.870. The Bertz CT molecular complexity index is 1340. The number of carbonyl (C=O) groups is 1. The highest BCUT2D eigenvalue weighted by atomic mass is 32.1. The Hall–Kier alpha value is -2.97. The lowest BCUT2D eigenvalue weighted by atomic mass is 9.73. The Morgan fingerprint density at radius 3 is 2.92 bits per heavy atom. The first-order valence-electron chi connectivity index (χ1n) is 13.6. The number of amides is 1. The summed E-state index contributed by atoms with van der Waals surface area (Å²) in [4.78, 5) is 28.9. The van der Waals surface area contributed by atoms with Crippen molar-refractivity contribution in [2.75, 3.05) is 50.0 Å². The van der Waals surface area contributed by atoms with Gasteiger partial charge in [-0.15, -0.1) is 11.3 Å². The van der Waals surface area contributed by atoms with Crippen LogP contribution in [0.5, 0.6) is 6.01 Å². The third-order valence-corrected chi connectivity index (χ3v) is 10.5. The number of aryl methyl sites for hydroxylation is 1. The second-order valence-electron chi connectivity index (χ2n) is 11.7. The number of nitrogen functional groups attached to an aromatic ring is 1. The Morgan fingerprint density at radius 2 is 2.11 bits per heavy atom. The topological polar surface area (TPSA) is 112 Å². The van der Waals surface area contributed by atoms with Gasteiger partial charge in [0.1, 0.15) is 29.7 Å². The molecule has 2 N–H and O–H groups in total. The first-order valence-corrected chi connectivity index (χ1v) is 14.4. The van der Waals surface area contributed by atoms with E-state index >= 15 is 0 Å². The highest BCUT2D eigenvalue weighted by molar-refractivity contribution is 7.16. The number of aromatic nitrogens is 2. The summed E-state index contributed by atoms with van der Waals surface area (Å²) in [6, 6.07) is 2.65. The molecule has 0 saturated carbocycles. The minimum atomic E-state index is -0.818. The molecule has 6 heterocycles. The predicted octanol–water partition coefficient (Wildman–Crippen LogP) is 2.56. The quantitative estimate of drug-likeness (QED) is 0.580. The first-order chi connectivity index (χ1) is 18.4. The van der Waals surface area contributed by atoms with Crippen molar-refractivity contribution in [3.63, 3.8) is 0 Å². The van der Waals surface area contributed by atoms with Crippen molar-refractivity contribution in [1.29, 1.82) is 5.26 Å². The Balaban J connectivity index is 1.19. The summed E-state index contributed by atoms with van der Waals surface area (Å²) in [7, 11) is 0. The molecule has 0 radical (unpaired) electrons. The van der Waals surface area contributed by atoms with E-state index in [0.29, 0.717) is 49.2 Å². The minimum Gasteiger partial charge on any atom is -0.461 e. The van der Waals surface area contributed by atoms with Crippen LogP contribution in [-0.2, 0) is 29.6 Å². The maximum Gasteiger partial charge on any atom is 0.318 e. The van der Waals surface area contributed by atoms with Gasteiger partial charge in [0.05, 0.1) is 23.3 Å². The molecule has 11 heteroatoms. The molecule has 4 aliphatic heterocycles. The van der Waals surface area contributed by atoms with Crippen molar-refractivity contribution in [3.05, 3.63) is 27.3 Å². The summed E-state index contributed by atoms with van der Waals surface area (Å²) < 4.78 is 20.6. The number of thiophene rings is 1. The molecule has 2 aromatic rings. The molecule has 1 aliphatic carbocycles. The number of hydrogen-bond acceptors (Lipinski definition) is 9. The van der Waals surface area contributed by atoms with Crippen molar-refractivity contribution >= 4 is 28.6 Å². The molecule has 200 valence electrons. The standard InChI is InChI=1S/C27H32FN7O2S/c28-17-9-27(5-2-8-35(27)11-17)15-37-25-31-20-12-33(16-36)7-1-3-18(20)24(32-25)34-13-26(14-34)6-4-21-22(26)19(10-29)23(30)38-21/h16-17H,1-9,11-15,30H2/t17-,27+/m1/s1. The van der Waals surface area contributed by atoms with Crippen molar-refractivity contribution in [1.82, 2.24) is 19.8 Å². The van der Waals surface area contributed by atoms with Crippen LogP contribution in [0.1, 0.15) is 59.4 Å². The van der Waals surface area contributed by atoms with Crippen molar-refractivity contribution in [2.24, 2.45) is 0 Å². The van der Waals surface area contributed by atoms with E-state index in [-0.39, 0.29) is 11.0 Å². The van der Waals surface area contributed by atoms with Gasteiger partial charge in [-0.05, 0) is 50.6 Å². The summed E-state index contributed by atoms with van der Waals surface area (Å²) in [6.07, 6.45) is 6.14. The largest absolute Gasteiger partial charge is 0.461 e. The smallest absolute Gasteiger partial charge is 0.318 e. The van der Waals surface area contributed by atoms with Gasteiger partial charge in [0.25, 0.3) is 0 Å². The van der Waals surface area contributed by atoms with E-state index in [0.717, 1.165) is 87.2 Å². The molecule has 0 aromatic carbocycles. The molecule has 0 bridgehead atoms. The number of fused-ring (bicyclic) bond motifs is 4. The van der Waals surface area contributed by atoms with Gasteiger partial charge in [0.2, 0.25) is 6.41 Å². The molecule has 2 aromatic heterocycles. The second-order valence-corrected chi connectivity index (χ2v) is 12.8. The van der Waals surface area contributed by atoms with Crippen molar-refractivity contribution in [2.45, 2.75) is 68.6 Å². The van der Waals surface area contributed by atoms with Crippen LogP contribution in [0.15, 0.2) is 0 Å². The van der Waals surface area contributed by atoms with Crippen LogP contribution in [0, 0.1) is 11.3 Å². The van der Waals surface area contributed by atoms with Crippen LogP contribution in [-0.4, -0.2) is 77.2 Å². The molecule has 5 aliphatic rings. The van der Waals surface area contributed by atoms with Crippen LogP contribution in [0.25, 0.3) is 0 Å². The molecule has 9 nitrogen and oxygen atoms in total. The van der Waals surface area contributed by atoms with E-state index < -0.39 is 6.17 Å². The average Bonchev–Trinajstić information content (AvgIpc) is 3.55. The number of nitrogens with two attached hydrogens (primary N) is 1. The fourth-order valence-electron chi connectivity index (χ4n) is 7.65. The van der Waals surface area contributed by atoms with E-state index in [1.165, 1.54) is 4.88 Å². The molecule has 2 atom stereocenters. The number of alkyl halides is 1. The number of ether oxygens (including phenoxy) is 1. The fraction of sp³-hybridized carbons (Fsp3) is 0.630. The number of nitrogens with zero attached hydrogens (tertiary/aromatic N) is 6. The number of anilines is 2. The highest BCUT2D eigenvalue weighted by Crippen LogP contribution is 2.53. The summed E-state index contributed by atoms with van der Waals surface area (Å²) in [6.45, 7) is 4.40. The molecule has 1 amide bonds.